The van der Waals surface area contributed by atoms with E-state index in [2.05, 4.69) is 10.3 Å². The molecule has 9 heteroatoms. The summed E-state index contributed by atoms with van der Waals surface area (Å²) in [6, 6.07) is 7.40. The van der Waals surface area contributed by atoms with Crippen molar-refractivity contribution in [2.24, 2.45) is 5.92 Å². The van der Waals surface area contributed by atoms with Gasteiger partial charge in [-0.1, -0.05) is 6.07 Å². The van der Waals surface area contributed by atoms with Gasteiger partial charge in [0, 0.05) is 23.1 Å². The van der Waals surface area contributed by atoms with E-state index in [4.69, 9.17) is 4.98 Å². The minimum atomic E-state index is -2.78. The molecule has 1 amide bonds. The van der Waals surface area contributed by atoms with Crippen LogP contribution in [0.1, 0.15) is 78.6 Å². The second kappa shape index (κ2) is 9.23. The lowest BCUT2D eigenvalue weighted by Gasteiger charge is -2.23. The molecule has 0 spiro atoms. The van der Waals surface area contributed by atoms with Gasteiger partial charge in [0.1, 0.15) is 17.7 Å². The minimum Gasteiger partial charge on any atom is -0.386 e. The number of hydrogen-bond acceptors (Lipinski definition) is 6. The Labute approximate surface area is 194 Å². The van der Waals surface area contributed by atoms with Crippen LogP contribution in [0.15, 0.2) is 30.3 Å². The molecule has 0 saturated heterocycles. The van der Waals surface area contributed by atoms with Gasteiger partial charge in [0.05, 0.1) is 20.8 Å². The molecular formula is C24H25F2N3O3S. The molecule has 0 bridgehead atoms. The average Bonchev–Trinajstić information content (AvgIpc) is 3.21. The molecule has 0 atom stereocenters. The topological polar surface area (TPSA) is 92.2 Å². The summed E-state index contributed by atoms with van der Waals surface area (Å²) in [5.41, 5.74) is -0.316. The van der Waals surface area contributed by atoms with Crippen molar-refractivity contribution in [1.82, 2.24) is 9.97 Å². The lowest BCUT2D eigenvalue weighted by Crippen LogP contribution is -2.21. The van der Waals surface area contributed by atoms with Gasteiger partial charge in [-0.15, -0.1) is 11.3 Å². The smallest absolute Gasteiger partial charge is 0.280 e. The Hall–Kier alpha value is -2.78. The first-order chi connectivity index (χ1) is 15.7. The van der Waals surface area contributed by atoms with Crippen LogP contribution in [0.4, 0.5) is 14.5 Å². The van der Waals surface area contributed by atoms with Crippen LogP contribution < -0.4 is 5.32 Å². The molecule has 4 rings (SSSR count). The maximum absolute atomic E-state index is 13.0. The molecule has 1 aliphatic rings. The number of halogens is 2. The molecule has 33 heavy (non-hydrogen) atoms. The van der Waals surface area contributed by atoms with Crippen LogP contribution >= 0.6 is 11.3 Å². The zero-order valence-electron chi connectivity index (χ0n) is 18.3. The molecule has 1 fully saturated rings. The van der Waals surface area contributed by atoms with Gasteiger partial charge in [0.25, 0.3) is 12.3 Å². The Balaban J connectivity index is 1.66. The number of anilines is 1. The first-order valence-corrected chi connectivity index (χ1v) is 11.7. The molecule has 2 heterocycles. The SMILES string of the molecule is CC(C)(O)c1cc2nc([C@H]3CC[C@H](C=O)CC3)sc2cc1NC(=O)c1cccc(C(F)F)n1. The zero-order chi connectivity index (χ0) is 23.8. The number of benzene rings is 1. The maximum Gasteiger partial charge on any atom is 0.280 e. The number of aromatic nitrogens is 2. The highest BCUT2D eigenvalue weighted by molar-refractivity contribution is 7.18. The van der Waals surface area contributed by atoms with Crippen LogP contribution in [-0.2, 0) is 10.4 Å². The number of hydrogen-bond donors (Lipinski definition) is 2. The molecule has 0 aliphatic heterocycles. The standard InChI is InChI=1S/C24H25F2N3O3S/c1-24(2,32)15-10-19-20(33-23(29-19)14-8-6-13(12-30)7-9-14)11-18(15)28-22(31)17-5-3-4-16(27-17)21(25)26/h3-5,10-14,21,32H,6-9H2,1-2H3,(H,28,31)/t13-,14-. The van der Waals surface area contributed by atoms with Gasteiger partial charge in [-0.25, -0.2) is 18.7 Å². The number of aldehydes is 1. The van der Waals surface area contributed by atoms with E-state index in [1.54, 1.807) is 26.0 Å². The van der Waals surface area contributed by atoms with Gasteiger partial charge >= 0.3 is 0 Å². The zero-order valence-corrected chi connectivity index (χ0v) is 19.2. The van der Waals surface area contributed by atoms with Crippen molar-refractivity contribution in [2.45, 2.75) is 57.5 Å². The van der Waals surface area contributed by atoms with Gasteiger partial charge in [-0.3, -0.25) is 4.79 Å². The number of rotatable bonds is 6. The minimum absolute atomic E-state index is 0.122. The van der Waals surface area contributed by atoms with Crippen molar-refractivity contribution >= 4 is 39.4 Å². The number of thiazole rings is 1. The van der Waals surface area contributed by atoms with Crippen LogP contribution in [0, 0.1) is 5.92 Å². The molecule has 1 aromatic carbocycles. The number of carbonyl (C=O) groups excluding carboxylic acids is 2. The van der Waals surface area contributed by atoms with Crippen molar-refractivity contribution in [3.63, 3.8) is 0 Å². The maximum atomic E-state index is 13.0. The molecule has 174 valence electrons. The van der Waals surface area contributed by atoms with E-state index in [9.17, 15) is 23.5 Å². The summed E-state index contributed by atoms with van der Waals surface area (Å²) in [7, 11) is 0. The summed E-state index contributed by atoms with van der Waals surface area (Å²) < 4.78 is 26.8. The number of pyridine rings is 1. The van der Waals surface area contributed by atoms with Crippen molar-refractivity contribution in [2.75, 3.05) is 5.32 Å². The predicted molar refractivity (Wildman–Crippen MR) is 123 cm³/mol. The largest absolute Gasteiger partial charge is 0.386 e. The quantitative estimate of drug-likeness (QED) is 0.456. The third-order valence-electron chi connectivity index (χ3n) is 5.99. The van der Waals surface area contributed by atoms with Gasteiger partial charge < -0.3 is 15.2 Å². The third-order valence-corrected chi connectivity index (χ3v) is 7.17. The van der Waals surface area contributed by atoms with E-state index in [0.717, 1.165) is 53.3 Å². The average molecular weight is 474 g/mol. The van der Waals surface area contributed by atoms with Crippen molar-refractivity contribution in [3.8, 4) is 0 Å². The molecule has 1 saturated carbocycles. The second-order valence-corrected chi connectivity index (χ2v) is 9.99. The number of carbonyl (C=O) groups is 2. The van der Waals surface area contributed by atoms with Crippen LogP contribution in [0.25, 0.3) is 10.2 Å². The first-order valence-electron chi connectivity index (χ1n) is 10.8. The fourth-order valence-electron chi connectivity index (χ4n) is 4.16. The molecule has 2 aromatic heterocycles. The highest BCUT2D eigenvalue weighted by Gasteiger charge is 2.27. The highest BCUT2D eigenvalue weighted by atomic mass is 32.1. The van der Waals surface area contributed by atoms with Gasteiger partial charge in [-0.2, -0.15) is 0 Å². The Morgan fingerprint density at radius 2 is 1.94 bits per heavy atom. The lowest BCUT2D eigenvalue weighted by atomic mass is 9.83. The fourth-order valence-corrected chi connectivity index (χ4v) is 5.32. The van der Waals surface area contributed by atoms with Crippen molar-refractivity contribution in [3.05, 3.63) is 52.3 Å². The number of nitrogens with zero attached hydrogens (tertiary/aromatic N) is 2. The van der Waals surface area contributed by atoms with E-state index >= 15 is 0 Å². The Morgan fingerprint density at radius 3 is 2.58 bits per heavy atom. The molecule has 0 unspecified atom stereocenters. The van der Waals surface area contributed by atoms with Gasteiger partial charge in [0.2, 0.25) is 0 Å². The van der Waals surface area contributed by atoms with Crippen molar-refractivity contribution < 1.29 is 23.5 Å². The molecular weight excluding hydrogens is 448 g/mol. The van der Waals surface area contributed by atoms with Gasteiger partial charge in [0.15, 0.2) is 0 Å². The summed E-state index contributed by atoms with van der Waals surface area (Å²) in [4.78, 5) is 32.3. The first kappa shape index (κ1) is 23.4. The normalized spacial score (nSPS) is 19.1. The predicted octanol–water partition coefficient (Wildman–Crippen LogP) is 5.58. The van der Waals surface area contributed by atoms with Crippen molar-refractivity contribution in [1.29, 1.82) is 0 Å². The molecule has 6 nitrogen and oxygen atoms in total. The molecule has 2 N–H and O–H groups in total. The number of fused-ring (bicyclic) bond motifs is 1. The van der Waals surface area contributed by atoms with Crippen LogP contribution in [0.2, 0.25) is 0 Å². The Kier molecular flexibility index (Phi) is 6.54. The highest BCUT2D eigenvalue weighted by Crippen LogP contribution is 2.41. The van der Waals surface area contributed by atoms with E-state index < -0.39 is 23.6 Å². The fraction of sp³-hybridized carbons (Fsp3) is 0.417. The van der Waals surface area contributed by atoms with Crippen LogP contribution in [-0.4, -0.2) is 27.3 Å². The van der Waals surface area contributed by atoms with Crippen LogP contribution in [0.3, 0.4) is 0 Å². The molecule has 3 aromatic rings. The summed E-state index contributed by atoms with van der Waals surface area (Å²) in [5.74, 6) is -0.237. The summed E-state index contributed by atoms with van der Waals surface area (Å²) in [5, 5.41) is 14.4. The summed E-state index contributed by atoms with van der Waals surface area (Å²) >= 11 is 1.53. The third kappa shape index (κ3) is 5.09. The van der Waals surface area contributed by atoms with E-state index in [1.807, 2.05) is 0 Å². The Morgan fingerprint density at radius 1 is 1.21 bits per heavy atom. The molecule has 0 radical (unpaired) electrons. The Bertz CT molecular complexity index is 1180. The van der Waals surface area contributed by atoms with E-state index in [1.165, 1.54) is 23.5 Å². The summed E-state index contributed by atoms with van der Waals surface area (Å²) in [6.07, 6.45) is 1.76. The van der Waals surface area contributed by atoms with Gasteiger partial charge in [-0.05, 0) is 63.8 Å². The molecule has 1 aliphatic carbocycles. The number of nitrogens with one attached hydrogen (secondary N) is 1. The summed E-state index contributed by atoms with van der Waals surface area (Å²) in [6.45, 7) is 3.21. The number of alkyl halides is 2. The number of amides is 1. The lowest BCUT2D eigenvalue weighted by molar-refractivity contribution is -0.111. The van der Waals surface area contributed by atoms with E-state index in [-0.39, 0.29) is 17.5 Å². The second-order valence-electron chi connectivity index (χ2n) is 8.93. The van der Waals surface area contributed by atoms with E-state index in [0.29, 0.717) is 11.3 Å². The van der Waals surface area contributed by atoms with Crippen LogP contribution in [0.5, 0.6) is 0 Å². The monoisotopic (exact) mass is 473 g/mol. The number of aliphatic hydroxyl groups is 1.